The molecule has 0 unspecified atom stereocenters. The first kappa shape index (κ1) is 16.5. The molecule has 1 aliphatic carbocycles. The SMILES string of the molecule is COCCN(CCCCCCCCCBr)C1CC1. The summed E-state index contributed by atoms with van der Waals surface area (Å²) in [6.45, 7) is 3.31. The van der Waals surface area contributed by atoms with E-state index >= 15 is 0 Å². The molecule has 1 fully saturated rings. The summed E-state index contributed by atoms with van der Waals surface area (Å²) < 4.78 is 5.19. The van der Waals surface area contributed by atoms with Crippen LogP contribution in [0.3, 0.4) is 0 Å². The molecule has 0 aromatic heterocycles. The fourth-order valence-electron chi connectivity index (χ4n) is 2.42. The molecule has 0 spiro atoms. The maximum Gasteiger partial charge on any atom is 0.0589 e. The lowest BCUT2D eigenvalue weighted by atomic mass is 10.1. The quantitative estimate of drug-likeness (QED) is 0.372. The number of methoxy groups -OCH3 is 1. The molecular weight excluding hydrogens is 290 g/mol. The maximum atomic E-state index is 5.19. The van der Waals surface area contributed by atoms with Gasteiger partial charge in [0.2, 0.25) is 0 Å². The molecule has 0 bridgehead atoms. The summed E-state index contributed by atoms with van der Waals surface area (Å²) in [5.74, 6) is 0. The lowest BCUT2D eigenvalue weighted by Gasteiger charge is -2.21. The molecule has 108 valence electrons. The average Bonchev–Trinajstić information content (AvgIpc) is 3.20. The van der Waals surface area contributed by atoms with Crippen LogP contribution in [0.15, 0.2) is 0 Å². The first-order valence-electron chi connectivity index (χ1n) is 7.67. The van der Waals surface area contributed by atoms with Gasteiger partial charge in [-0.3, -0.25) is 4.90 Å². The van der Waals surface area contributed by atoms with Crippen molar-refractivity contribution in [3.05, 3.63) is 0 Å². The summed E-state index contributed by atoms with van der Waals surface area (Å²) in [6, 6.07) is 0.888. The van der Waals surface area contributed by atoms with Crippen molar-refractivity contribution in [1.29, 1.82) is 0 Å². The van der Waals surface area contributed by atoms with Crippen molar-refractivity contribution < 1.29 is 4.74 Å². The normalized spacial score (nSPS) is 15.5. The van der Waals surface area contributed by atoms with Crippen molar-refractivity contribution in [1.82, 2.24) is 4.90 Å². The van der Waals surface area contributed by atoms with Crippen LogP contribution in [0.2, 0.25) is 0 Å². The first-order chi connectivity index (χ1) is 8.88. The van der Waals surface area contributed by atoms with Crippen molar-refractivity contribution in [3.63, 3.8) is 0 Å². The van der Waals surface area contributed by atoms with Gasteiger partial charge in [-0.25, -0.2) is 0 Å². The molecule has 0 aliphatic heterocycles. The van der Waals surface area contributed by atoms with Gasteiger partial charge in [0.25, 0.3) is 0 Å². The third-order valence-corrected chi connectivity index (χ3v) is 4.29. The zero-order chi connectivity index (χ0) is 13.1. The molecule has 0 N–H and O–H groups in total. The molecule has 1 rings (SSSR count). The van der Waals surface area contributed by atoms with Gasteiger partial charge in [-0.1, -0.05) is 48.0 Å². The number of ether oxygens (including phenoxy) is 1. The minimum Gasteiger partial charge on any atom is -0.383 e. The van der Waals surface area contributed by atoms with E-state index in [-0.39, 0.29) is 0 Å². The summed E-state index contributed by atoms with van der Waals surface area (Å²) in [6.07, 6.45) is 12.6. The molecule has 0 atom stereocenters. The fourth-order valence-corrected chi connectivity index (χ4v) is 2.81. The predicted molar refractivity (Wildman–Crippen MR) is 82.6 cm³/mol. The van der Waals surface area contributed by atoms with Crippen molar-refractivity contribution in [2.75, 3.05) is 32.1 Å². The Morgan fingerprint density at radius 3 is 2.11 bits per heavy atom. The molecule has 1 aliphatic rings. The van der Waals surface area contributed by atoms with Crippen molar-refractivity contribution in [2.45, 2.75) is 63.8 Å². The number of nitrogens with zero attached hydrogens (tertiary/aromatic N) is 1. The van der Waals surface area contributed by atoms with Gasteiger partial charge in [0.1, 0.15) is 0 Å². The average molecular weight is 320 g/mol. The van der Waals surface area contributed by atoms with Gasteiger partial charge in [0.15, 0.2) is 0 Å². The second-order valence-corrected chi connectivity index (χ2v) is 6.22. The Balaban J connectivity index is 1.88. The molecule has 0 radical (unpaired) electrons. The molecule has 0 amide bonds. The Kier molecular flexibility index (Phi) is 10.3. The lowest BCUT2D eigenvalue weighted by molar-refractivity contribution is 0.142. The van der Waals surface area contributed by atoms with E-state index in [1.165, 1.54) is 69.7 Å². The third kappa shape index (κ3) is 8.49. The van der Waals surface area contributed by atoms with E-state index in [4.69, 9.17) is 4.74 Å². The smallest absolute Gasteiger partial charge is 0.0589 e. The Hall–Kier alpha value is 0.400. The first-order valence-corrected chi connectivity index (χ1v) is 8.79. The Bertz CT molecular complexity index is 185. The third-order valence-electron chi connectivity index (χ3n) is 3.72. The highest BCUT2D eigenvalue weighted by molar-refractivity contribution is 9.09. The van der Waals surface area contributed by atoms with E-state index in [1.54, 1.807) is 7.11 Å². The van der Waals surface area contributed by atoms with E-state index in [1.807, 2.05) is 0 Å². The van der Waals surface area contributed by atoms with Gasteiger partial charge in [-0.05, 0) is 32.2 Å². The number of unbranched alkanes of at least 4 members (excludes halogenated alkanes) is 6. The van der Waals surface area contributed by atoms with Crippen molar-refractivity contribution in [2.24, 2.45) is 0 Å². The molecular formula is C15H30BrNO. The van der Waals surface area contributed by atoms with E-state index < -0.39 is 0 Å². The largest absolute Gasteiger partial charge is 0.383 e. The van der Waals surface area contributed by atoms with Crippen LogP contribution in [0.4, 0.5) is 0 Å². The van der Waals surface area contributed by atoms with Crippen LogP contribution in [-0.4, -0.2) is 43.1 Å². The van der Waals surface area contributed by atoms with E-state index in [0.29, 0.717) is 0 Å². The number of halogens is 1. The molecule has 0 saturated heterocycles. The van der Waals surface area contributed by atoms with Gasteiger partial charge in [-0.15, -0.1) is 0 Å². The van der Waals surface area contributed by atoms with Crippen molar-refractivity contribution >= 4 is 15.9 Å². The highest BCUT2D eigenvalue weighted by Crippen LogP contribution is 2.26. The van der Waals surface area contributed by atoms with Crippen LogP contribution in [0.5, 0.6) is 0 Å². The molecule has 2 nitrogen and oxygen atoms in total. The molecule has 0 aromatic carbocycles. The Morgan fingerprint density at radius 1 is 0.944 bits per heavy atom. The van der Waals surface area contributed by atoms with Crippen LogP contribution < -0.4 is 0 Å². The fraction of sp³-hybridized carbons (Fsp3) is 1.00. The molecule has 3 heteroatoms. The van der Waals surface area contributed by atoms with Gasteiger partial charge < -0.3 is 4.74 Å². The number of hydrogen-bond acceptors (Lipinski definition) is 2. The standard InChI is InChI=1S/C15H30BrNO/c1-18-14-13-17(15-9-10-15)12-8-6-4-2-3-5-7-11-16/h15H,2-14H2,1H3. The van der Waals surface area contributed by atoms with Crippen LogP contribution >= 0.6 is 15.9 Å². The highest BCUT2D eigenvalue weighted by Gasteiger charge is 2.27. The van der Waals surface area contributed by atoms with E-state index in [9.17, 15) is 0 Å². The van der Waals surface area contributed by atoms with Crippen LogP contribution in [0, 0.1) is 0 Å². The number of rotatable bonds is 13. The topological polar surface area (TPSA) is 12.5 Å². The van der Waals surface area contributed by atoms with Gasteiger partial charge >= 0.3 is 0 Å². The highest BCUT2D eigenvalue weighted by atomic mass is 79.9. The Morgan fingerprint density at radius 2 is 1.56 bits per heavy atom. The van der Waals surface area contributed by atoms with E-state index in [2.05, 4.69) is 20.8 Å². The number of alkyl halides is 1. The second kappa shape index (κ2) is 11.2. The summed E-state index contributed by atoms with van der Waals surface area (Å²) in [5, 5.41) is 1.17. The molecule has 0 heterocycles. The Labute approximate surface area is 122 Å². The zero-order valence-electron chi connectivity index (χ0n) is 12.0. The lowest BCUT2D eigenvalue weighted by Crippen LogP contribution is -2.30. The monoisotopic (exact) mass is 319 g/mol. The van der Waals surface area contributed by atoms with Crippen LogP contribution in [0.25, 0.3) is 0 Å². The molecule has 1 saturated carbocycles. The van der Waals surface area contributed by atoms with Gasteiger partial charge in [0, 0.05) is 25.0 Å². The predicted octanol–water partition coefficient (Wildman–Crippen LogP) is 4.22. The molecule has 0 aromatic rings. The summed E-state index contributed by atoms with van der Waals surface area (Å²) in [4.78, 5) is 2.63. The minimum absolute atomic E-state index is 0.888. The van der Waals surface area contributed by atoms with Crippen LogP contribution in [-0.2, 0) is 4.74 Å². The maximum absolute atomic E-state index is 5.19. The van der Waals surface area contributed by atoms with Crippen molar-refractivity contribution in [3.8, 4) is 0 Å². The summed E-state index contributed by atoms with van der Waals surface area (Å²) in [5.41, 5.74) is 0. The van der Waals surface area contributed by atoms with Gasteiger partial charge in [-0.2, -0.15) is 0 Å². The summed E-state index contributed by atoms with van der Waals surface area (Å²) >= 11 is 3.48. The van der Waals surface area contributed by atoms with E-state index in [0.717, 1.165) is 19.2 Å². The minimum atomic E-state index is 0.888. The zero-order valence-corrected chi connectivity index (χ0v) is 13.6. The number of hydrogen-bond donors (Lipinski definition) is 0. The summed E-state index contributed by atoms with van der Waals surface area (Å²) in [7, 11) is 1.80. The van der Waals surface area contributed by atoms with Gasteiger partial charge in [0.05, 0.1) is 6.61 Å². The molecule has 18 heavy (non-hydrogen) atoms. The van der Waals surface area contributed by atoms with Crippen LogP contribution in [0.1, 0.15) is 57.8 Å². The second-order valence-electron chi connectivity index (χ2n) is 5.42.